The molecule has 0 N–H and O–H groups in total. The maximum atomic E-state index is 9.00. The lowest BCUT2D eigenvalue weighted by molar-refractivity contribution is 0.311. The first-order chi connectivity index (χ1) is 10.2. The van der Waals surface area contributed by atoms with Crippen LogP contribution in [-0.4, -0.2) is 20.2 Å². The summed E-state index contributed by atoms with van der Waals surface area (Å²) in [6.45, 7) is 3.62. The normalized spacial score (nSPS) is 9.95. The van der Waals surface area contributed by atoms with Gasteiger partial charge in [-0.2, -0.15) is 5.26 Å². The molecule has 0 spiro atoms. The van der Waals surface area contributed by atoms with Crippen molar-refractivity contribution >= 4 is 5.69 Å². The van der Waals surface area contributed by atoms with E-state index in [4.69, 9.17) is 10.00 Å². The van der Waals surface area contributed by atoms with Gasteiger partial charge in [0.2, 0.25) is 0 Å². The second-order valence-electron chi connectivity index (χ2n) is 5.07. The summed E-state index contributed by atoms with van der Waals surface area (Å²) in [5, 5.41) is 9.00. The second kappa shape index (κ2) is 7.35. The SMILES string of the molecule is Cc1cccc(N(C)CCCOc2ccccc2C#N)c1. The number of aryl methyl sites for hydroxylation is 1. The van der Waals surface area contributed by atoms with Gasteiger partial charge in [-0.05, 0) is 43.2 Å². The lowest BCUT2D eigenvalue weighted by atomic mass is 10.2. The van der Waals surface area contributed by atoms with Gasteiger partial charge in [0, 0.05) is 19.3 Å². The van der Waals surface area contributed by atoms with E-state index in [1.807, 2.05) is 18.2 Å². The number of benzene rings is 2. The van der Waals surface area contributed by atoms with Gasteiger partial charge in [0.15, 0.2) is 0 Å². The van der Waals surface area contributed by atoms with Crippen LogP contribution in [0.15, 0.2) is 48.5 Å². The van der Waals surface area contributed by atoms with Crippen LogP contribution in [0.2, 0.25) is 0 Å². The number of nitrogens with zero attached hydrogens (tertiary/aromatic N) is 2. The van der Waals surface area contributed by atoms with Crippen molar-refractivity contribution in [2.45, 2.75) is 13.3 Å². The van der Waals surface area contributed by atoms with E-state index in [0.29, 0.717) is 17.9 Å². The molecule has 3 nitrogen and oxygen atoms in total. The third kappa shape index (κ3) is 4.25. The summed E-state index contributed by atoms with van der Waals surface area (Å²) in [5.41, 5.74) is 3.07. The van der Waals surface area contributed by atoms with Crippen LogP contribution in [0.25, 0.3) is 0 Å². The van der Waals surface area contributed by atoms with Crippen molar-refractivity contribution in [3.63, 3.8) is 0 Å². The summed E-state index contributed by atoms with van der Waals surface area (Å²) in [5.74, 6) is 0.665. The smallest absolute Gasteiger partial charge is 0.137 e. The lowest BCUT2D eigenvalue weighted by Gasteiger charge is -2.19. The average Bonchev–Trinajstić information content (AvgIpc) is 2.51. The van der Waals surface area contributed by atoms with E-state index >= 15 is 0 Å². The van der Waals surface area contributed by atoms with Crippen LogP contribution in [-0.2, 0) is 0 Å². The van der Waals surface area contributed by atoms with Gasteiger partial charge >= 0.3 is 0 Å². The highest BCUT2D eigenvalue weighted by molar-refractivity contribution is 5.47. The molecule has 0 amide bonds. The van der Waals surface area contributed by atoms with Gasteiger partial charge < -0.3 is 9.64 Å². The zero-order chi connectivity index (χ0) is 15.1. The summed E-state index contributed by atoms with van der Waals surface area (Å²) >= 11 is 0. The van der Waals surface area contributed by atoms with E-state index in [1.165, 1.54) is 11.3 Å². The molecule has 0 aliphatic rings. The third-order valence-electron chi connectivity index (χ3n) is 3.35. The number of rotatable bonds is 6. The van der Waals surface area contributed by atoms with Gasteiger partial charge in [-0.3, -0.25) is 0 Å². The lowest BCUT2D eigenvalue weighted by Crippen LogP contribution is -2.20. The van der Waals surface area contributed by atoms with Crippen LogP contribution in [0.4, 0.5) is 5.69 Å². The van der Waals surface area contributed by atoms with Crippen LogP contribution in [0.3, 0.4) is 0 Å². The van der Waals surface area contributed by atoms with Crippen molar-refractivity contribution in [2.75, 3.05) is 25.1 Å². The predicted molar refractivity (Wildman–Crippen MR) is 85.7 cm³/mol. The fourth-order valence-electron chi connectivity index (χ4n) is 2.16. The van der Waals surface area contributed by atoms with E-state index in [-0.39, 0.29) is 0 Å². The molecule has 0 bridgehead atoms. The highest BCUT2D eigenvalue weighted by Gasteiger charge is 2.03. The maximum Gasteiger partial charge on any atom is 0.137 e. The van der Waals surface area contributed by atoms with Gasteiger partial charge in [0.25, 0.3) is 0 Å². The van der Waals surface area contributed by atoms with Crippen LogP contribution >= 0.6 is 0 Å². The number of ether oxygens (including phenoxy) is 1. The van der Waals surface area contributed by atoms with Crippen LogP contribution < -0.4 is 9.64 Å². The van der Waals surface area contributed by atoms with Crippen molar-refractivity contribution in [2.24, 2.45) is 0 Å². The van der Waals surface area contributed by atoms with Crippen LogP contribution in [0, 0.1) is 18.3 Å². The Kier molecular flexibility index (Phi) is 5.22. The molecule has 0 aliphatic carbocycles. The molecule has 0 heterocycles. The van der Waals surface area contributed by atoms with Crippen molar-refractivity contribution in [1.82, 2.24) is 0 Å². The molecule has 0 aliphatic heterocycles. The minimum atomic E-state index is 0.588. The van der Waals surface area contributed by atoms with Gasteiger partial charge in [-0.1, -0.05) is 24.3 Å². The van der Waals surface area contributed by atoms with Crippen LogP contribution in [0.5, 0.6) is 5.75 Å². The molecule has 0 aromatic heterocycles. The Morgan fingerprint density at radius 2 is 1.95 bits per heavy atom. The molecule has 0 radical (unpaired) electrons. The number of nitriles is 1. The minimum Gasteiger partial charge on any atom is -0.492 e. The maximum absolute atomic E-state index is 9.00. The number of anilines is 1. The summed E-state index contributed by atoms with van der Waals surface area (Å²) in [6, 6.07) is 17.9. The Hall–Kier alpha value is -2.47. The molecule has 21 heavy (non-hydrogen) atoms. The van der Waals surface area contributed by atoms with Gasteiger partial charge in [0.05, 0.1) is 12.2 Å². The predicted octanol–water partition coefficient (Wildman–Crippen LogP) is 3.77. The van der Waals surface area contributed by atoms with E-state index in [0.717, 1.165) is 13.0 Å². The van der Waals surface area contributed by atoms with Crippen molar-refractivity contribution in [3.8, 4) is 11.8 Å². The molecule has 0 atom stereocenters. The quantitative estimate of drug-likeness (QED) is 0.756. The average molecular weight is 280 g/mol. The van der Waals surface area contributed by atoms with E-state index < -0.39 is 0 Å². The van der Waals surface area contributed by atoms with Gasteiger partial charge in [-0.15, -0.1) is 0 Å². The minimum absolute atomic E-state index is 0.588. The number of hydrogen-bond acceptors (Lipinski definition) is 3. The molecule has 0 saturated heterocycles. The Labute approximate surface area is 126 Å². The first-order valence-corrected chi connectivity index (χ1v) is 7.10. The molecule has 2 rings (SSSR count). The summed E-state index contributed by atoms with van der Waals surface area (Å²) in [6.07, 6.45) is 0.907. The fraction of sp³-hybridized carbons (Fsp3) is 0.278. The molecule has 3 heteroatoms. The zero-order valence-electron chi connectivity index (χ0n) is 12.5. The zero-order valence-corrected chi connectivity index (χ0v) is 12.5. The second-order valence-corrected chi connectivity index (χ2v) is 5.07. The molecule has 2 aromatic carbocycles. The van der Waals surface area contributed by atoms with Gasteiger partial charge in [0.1, 0.15) is 11.8 Å². The molecule has 0 saturated carbocycles. The van der Waals surface area contributed by atoms with E-state index in [1.54, 1.807) is 6.07 Å². The number of para-hydroxylation sites is 1. The largest absolute Gasteiger partial charge is 0.492 e. The Morgan fingerprint density at radius 3 is 2.71 bits per heavy atom. The number of hydrogen-bond donors (Lipinski definition) is 0. The fourth-order valence-corrected chi connectivity index (χ4v) is 2.16. The van der Waals surface area contributed by atoms with E-state index in [9.17, 15) is 0 Å². The standard InChI is InChI=1S/C18H20N2O/c1-15-7-5-9-17(13-15)20(2)11-6-12-21-18-10-4-3-8-16(18)14-19/h3-5,7-10,13H,6,11-12H2,1-2H3. The Bertz CT molecular complexity index is 631. The van der Waals surface area contributed by atoms with Gasteiger partial charge in [-0.25, -0.2) is 0 Å². The Morgan fingerprint density at radius 1 is 1.14 bits per heavy atom. The highest BCUT2D eigenvalue weighted by Crippen LogP contribution is 2.17. The molecular formula is C18H20N2O. The molecule has 108 valence electrons. The molecule has 0 fully saturated rings. The monoisotopic (exact) mass is 280 g/mol. The van der Waals surface area contributed by atoms with E-state index in [2.05, 4.69) is 49.2 Å². The third-order valence-corrected chi connectivity index (χ3v) is 3.35. The van der Waals surface area contributed by atoms with Crippen LogP contribution in [0.1, 0.15) is 17.5 Å². The topological polar surface area (TPSA) is 36.3 Å². The summed E-state index contributed by atoms with van der Waals surface area (Å²) in [7, 11) is 2.08. The molecular weight excluding hydrogens is 260 g/mol. The van der Waals surface area contributed by atoms with Crippen molar-refractivity contribution in [1.29, 1.82) is 5.26 Å². The Balaban J connectivity index is 1.81. The molecule has 0 unspecified atom stereocenters. The molecule has 2 aromatic rings. The summed E-state index contributed by atoms with van der Waals surface area (Å²) in [4.78, 5) is 2.21. The van der Waals surface area contributed by atoms with Crippen molar-refractivity contribution < 1.29 is 4.74 Å². The van der Waals surface area contributed by atoms with Crippen molar-refractivity contribution in [3.05, 3.63) is 59.7 Å². The first-order valence-electron chi connectivity index (χ1n) is 7.10. The highest BCUT2D eigenvalue weighted by atomic mass is 16.5. The summed E-state index contributed by atoms with van der Waals surface area (Å²) < 4.78 is 5.69. The first kappa shape index (κ1) is 14.9.